The van der Waals surface area contributed by atoms with Crippen LogP contribution in [0.5, 0.6) is 5.75 Å². The third kappa shape index (κ3) is 3.98. The molecule has 0 amide bonds. The highest BCUT2D eigenvalue weighted by molar-refractivity contribution is 14.1. The minimum atomic E-state index is 0.153. The normalized spacial score (nSPS) is 21.5. The minimum absolute atomic E-state index is 0.153. The summed E-state index contributed by atoms with van der Waals surface area (Å²) in [5.41, 5.74) is 0. The van der Waals surface area contributed by atoms with Crippen molar-refractivity contribution in [2.24, 2.45) is 0 Å². The molecule has 1 aromatic rings. The summed E-state index contributed by atoms with van der Waals surface area (Å²) in [6.45, 7) is 3.28. The van der Waals surface area contributed by atoms with E-state index in [-0.39, 0.29) is 6.10 Å². The largest absolute Gasteiger partial charge is 0.490 e. The predicted octanol–water partition coefficient (Wildman–Crippen LogP) is 2.65. The van der Waals surface area contributed by atoms with Crippen LogP contribution in [-0.4, -0.2) is 44.4 Å². The average molecular weight is 368 g/mol. The Kier molecular flexibility index (Phi) is 4.90. The summed E-state index contributed by atoms with van der Waals surface area (Å²) in [4.78, 5) is 2.25. The van der Waals surface area contributed by atoms with Gasteiger partial charge < -0.3 is 14.4 Å². The fourth-order valence-corrected chi connectivity index (χ4v) is 2.77. The Labute approximate surface area is 120 Å². The van der Waals surface area contributed by atoms with Crippen LogP contribution in [0.1, 0.15) is 0 Å². The van der Waals surface area contributed by atoms with Crippen LogP contribution < -0.4 is 4.74 Å². The van der Waals surface area contributed by atoms with Crippen molar-refractivity contribution in [1.82, 2.24) is 4.90 Å². The van der Waals surface area contributed by atoms with Gasteiger partial charge in [0.15, 0.2) is 0 Å². The zero-order valence-electron chi connectivity index (χ0n) is 9.66. The summed E-state index contributed by atoms with van der Waals surface area (Å²) in [6, 6.07) is 5.63. The van der Waals surface area contributed by atoms with Crippen molar-refractivity contribution in [2.45, 2.75) is 6.10 Å². The minimum Gasteiger partial charge on any atom is -0.490 e. The number of morpholine rings is 1. The molecule has 1 saturated heterocycles. The number of ether oxygens (including phenoxy) is 2. The number of rotatable bonds is 3. The van der Waals surface area contributed by atoms with Gasteiger partial charge in [0, 0.05) is 18.1 Å². The van der Waals surface area contributed by atoms with Crippen molar-refractivity contribution in [3.63, 3.8) is 0 Å². The number of hydrogen-bond acceptors (Lipinski definition) is 3. The lowest BCUT2D eigenvalue weighted by molar-refractivity contribution is -0.0404. The Morgan fingerprint density at radius 1 is 1.59 bits per heavy atom. The Bertz CT molecular complexity index is 389. The smallest absolute Gasteiger partial charge is 0.132 e. The standard InChI is InChI=1S/C12H15ClINO2/c1-15-4-5-16-10(7-15)8-17-12-3-2-9(13)6-11(12)14/h2-3,6,10H,4-5,7-8H2,1H3/t10-/m0/s1. The van der Waals surface area contributed by atoms with Gasteiger partial charge in [-0.05, 0) is 47.8 Å². The molecular weight excluding hydrogens is 352 g/mol. The van der Waals surface area contributed by atoms with Crippen LogP contribution in [0.3, 0.4) is 0 Å². The van der Waals surface area contributed by atoms with Crippen LogP contribution in [0.2, 0.25) is 5.02 Å². The first-order valence-corrected chi connectivity index (χ1v) is 6.99. The molecule has 1 aliphatic heterocycles. The van der Waals surface area contributed by atoms with Crippen LogP contribution in [0.25, 0.3) is 0 Å². The highest BCUT2D eigenvalue weighted by Crippen LogP contribution is 2.24. The molecule has 0 spiro atoms. The molecule has 1 aromatic carbocycles. The molecule has 0 aromatic heterocycles. The first-order chi connectivity index (χ1) is 8.15. The van der Waals surface area contributed by atoms with Crippen LogP contribution >= 0.6 is 34.2 Å². The van der Waals surface area contributed by atoms with E-state index in [0.29, 0.717) is 6.61 Å². The molecule has 1 fully saturated rings. The van der Waals surface area contributed by atoms with E-state index in [4.69, 9.17) is 21.1 Å². The highest BCUT2D eigenvalue weighted by atomic mass is 127. The number of nitrogens with zero attached hydrogens (tertiary/aromatic N) is 1. The van der Waals surface area contributed by atoms with E-state index >= 15 is 0 Å². The monoisotopic (exact) mass is 367 g/mol. The maximum atomic E-state index is 5.89. The molecule has 0 N–H and O–H groups in total. The van der Waals surface area contributed by atoms with Crippen LogP contribution in [0, 0.1) is 3.57 Å². The summed E-state index contributed by atoms with van der Waals surface area (Å²) in [5, 5.41) is 0.732. The average Bonchev–Trinajstić information content (AvgIpc) is 2.28. The molecule has 1 heterocycles. The maximum absolute atomic E-state index is 5.89. The topological polar surface area (TPSA) is 21.7 Å². The van der Waals surface area contributed by atoms with Gasteiger partial charge in [0.05, 0.1) is 10.2 Å². The lowest BCUT2D eigenvalue weighted by Crippen LogP contribution is -2.42. The number of likely N-dealkylation sites (N-methyl/N-ethyl adjacent to an activating group) is 1. The highest BCUT2D eigenvalue weighted by Gasteiger charge is 2.18. The summed E-state index contributed by atoms with van der Waals surface area (Å²) in [5.74, 6) is 0.867. The van der Waals surface area contributed by atoms with Gasteiger partial charge in [0.1, 0.15) is 18.5 Å². The van der Waals surface area contributed by atoms with Gasteiger partial charge in [0.25, 0.3) is 0 Å². The molecule has 17 heavy (non-hydrogen) atoms. The van der Waals surface area contributed by atoms with E-state index in [0.717, 1.165) is 34.0 Å². The van der Waals surface area contributed by atoms with Gasteiger partial charge in [-0.1, -0.05) is 11.6 Å². The molecule has 3 nitrogen and oxygen atoms in total. The van der Waals surface area contributed by atoms with Crippen molar-refractivity contribution in [3.05, 3.63) is 26.8 Å². The summed E-state index contributed by atoms with van der Waals surface area (Å²) in [6.07, 6.45) is 0.153. The molecule has 1 atom stereocenters. The lowest BCUT2D eigenvalue weighted by Gasteiger charge is -2.29. The van der Waals surface area contributed by atoms with Gasteiger partial charge in [-0.2, -0.15) is 0 Å². The van der Waals surface area contributed by atoms with E-state index < -0.39 is 0 Å². The molecule has 0 bridgehead atoms. The van der Waals surface area contributed by atoms with E-state index in [9.17, 15) is 0 Å². The van der Waals surface area contributed by atoms with Crippen LogP contribution in [-0.2, 0) is 4.74 Å². The van der Waals surface area contributed by atoms with Gasteiger partial charge in [-0.25, -0.2) is 0 Å². The first kappa shape index (κ1) is 13.4. The van der Waals surface area contributed by atoms with E-state index in [1.165, 1.54) is 0 Å². The van der Waals surface area contributed by atoms with Gasteiger partial charge in [-0.15, -0.1) is 0 Å². The van der Waals surface area contributed by atoms with Crippen LogP contribution in [0.4, 0.5) is 0 Å². The third-order valence-electron chi connectivity index (χ3n) is 2.66. The second-order valence-corrected chi connectivity index (χ2v) is 5.74. The molecule has 5 heteroatoms. The fourth-order valence-electron chi connectivity index (χ4n) is 1.74. The zero-order valence-corrected chi connectivity index (χ0v) is 12.6. The molecule has 0 unspecified atom stereocenters. The van der Waals surface area contributed by atoms with Gasteiger partial charge in [-0.3, -0.25) is 0 Å². The van der Waals surface area contributed by atoms with Crippen molar-refractivity contribution in [2.75, 3.05) is 33.4 Å². The second-order valence-electron chi connectivity index (χ2n) is 4.14. The quantitative estimate of drug-likeness (QED) is 0.767. The predicted molar refractivity (Wildman–Crippen MR) is 76.9 cm³/mol. The van der Waals surface area contributed by atoms with Crippen molar-refractivity contribution < 1.29 is 9.47 Å². The van der Waals surface area contributed by atoms with Crippen molar-refractivity contribution in [3.8, 4) is 5.75 Å². The number of benzene rings is 1. The van der Waals surface area contributed by atoms with Crippen LogP contribution in [0.15, 0.2) is 18.2 Å². The molecular formula is C12H15ClINO2. The summed E-state index contributed by atoms with van der Waals surface area (Å²) in [7, 11) is 2.10. The van der Waals surface area contributed by atoms with E-state index in [1.807, 2.05) is 18.2 Å². The first-order valence-electron chi connectivity index (χ1n) is 5.53. The van der Waals surface area contributed by atoms with Crippen molar-refractivity contribution in [1.29, 1.82) is 0 Å². The van der Waals surface area contributed by atoms with Gasteiger partial charge in [0.2, 0.25) is 0 Å². The van der Waals surface area contributed by atoms with E-state index in [1.54, 1.807) is 0 Å². The van der Waals surface area contributed by atoms with E-state index in [2.05, 4.69) is 34.5 Å². The lowest BCUT2D eigenvalue weighted by atomic mass is 10.3. The number of halogens is 2. The van der Waals surface area contributed by atoms with Crippen molar-refractivity contribution >= 4 is 34.2 Å². The fraction of sp³-hybridized carbons (Fsp3) is 0.500. The zero-order chi connectivity index (χ0) is 12.3. The second kappa shape index (κ2) is 6.22. The third-order valence-corrected chi connectivity index (χ3v) is 3.74. The Balaban J connectivity index is 1.88. The molecule has 2 rings (SSSR count). The summed E-state index contributed by atoms with van der Waals surface area (Å²) < 4.78 is 12.4. The molecule has 0 radical (unpaired) electrons. The Hall–Kier alpha value is -0.0400. The van der Waals surface area contributed by atoms with Gasteiger partial charge >= 0.3 is 0 Å². The molecule has 0 saturated carbocycles. The summed E-state index contributed by atoms with van der Waals surface area (Å²) >= 11 is 8.12. The Morgan fingerprint density at radius 2 is 2.41 bits per heavy atom. The Morgan fingerprint density at radius 3 is 3.12 bits per heavy atom. The molecule has 0 aliphatic carbocycles. The number of hydrogen-bond donors (Lipinski definition) is 0. The SMILES string of the molecule is CN1CCO[C@H](COc2ccc(Cl)cc2I)C1. The maximum Gasteiger partial charge on any atom is 0.132 e. The molecule has 1 aliphatic rings. The molecule has 94 valence electrons.